The topological polar surface area (TPSA) is 3.24 Å². The van der Waals surface area contributed by atoms with E-state index in [1.807, 2.05) is 36.4 Å². The Morgan fingerprint density at radius 3 is 1.53 bits per heavy atom. The molecule has 0 amide bonds. The molecule has 0 saturated heterocycles. The summed E-state index contributed by atoms with van der Waals surface area (Å²) in [5.41, 5.74) is 2.48. The normalized spacial score (nSPS) is 9.53. The smallest absolute Gasteiger partial charge is 0.133 e. The predicted octanol–water partition coefficient (Wildman–Crippen LogP) is 3.90. The molecule has 1 nitrogen and oxygen atoms in total. The van der Waals surface area contributed by atoms with Crippen molar-refractivity contribution in [2.45, 2.75) is 13.1 Å². The van der Waals surface area contributed by atoms with Crippen molar-refractivity contribution in [2.24, 2.45) is 0 Å². The van der Waals surface area contributed by atoms with Crippen molar-refractivity contribution in [2.75, 3.05) is 0 Å². The van der Waals surface area contributed by atoms with Gasteiger partial charge in [0.25, 0.3) is 0 Å². The molecule has 2 aromatic carbocycles. The summed E-state index contributed by atoms with van der Waals surface area (Å²) in [6.07, 6.45) is 0. The number of thiol groups is 1. The molecule has 4 heteroatoms. The maximum absolute atomic E-state index is 5.21. The van der Waals surface area contributed by atoms with Crippen molar-refractivity contribution in [3.8, 4) is 0 Å². The number of hydrogen-bond acceptors (Lipinski definition) is 1. The van der Waals surface area contributed by atoms with Crippen LogP contribution in [0.3, 0.4) is 0 Å². The average Bonchev–Trinajstić information content (AvgIpc) is 2.40. The molecule has 0 N–H and O–H groups in total. The zero-order valence-corrected chi connectivity index (χ0v) is 13.0. The average molecular weight is 332 g/mol. The summed E-state index contributed by atoms with van der Waals surface area (Å²) in [4.78, 5) is 2.09. The van der Waals surface area contributed by atoms with Crippen LogP contribution in [-0.4, -0.2) is 9.22 Å². The van der Waals surface area contributed by atoms with Gasteiger partial charge in [0.1, 0.15) is 4.32 Å². The fourth-order valence-electron chi connectivity index (χ4n) is 1.80. The van der Waals surface area contributed by atoms with Gasteiger partial charge < -0.3 is 4.90 Å². The van der Waals surface area contributed by atoms with Crippen LogP contribution in [0.5, 0.6) is 0 Å². The number of thiocarbonyl (C=S) groups is 1. The molecule has 19 heavy (non-hydrogen) atoms. The fourth-order valence-corrected chi connectivity index (χ4v) is 2.07. The quantitative estimate of drug-likeness (QED) is 0.514. The van der Waals surface area contributed by atoms with Crippen LogP contribution < -0.4 is 0 Å². The second-order valence-corrected chi connectivity index (χ2v) is 5.22. The second-order valence-electron chi connectivity index (χ2n) is 4.11. The molecule has 0 spiro atoms. The van der Waals surface area contributed by atoms with E-state index < -0.39 is 0 Å². The molecule has 0 heterocycles. The first kappa shape index (κ1) is 16.2. The van der Waals surface area contributed by atoms with E-state index in [1.54, 1.807) is 0 Å². The molecular formula is C15H15NNiS2. The second kappa shape index (κ2) is 8.37. The summed E-state index contributed by atoms with van der Waals surface area (Å²) in [5.74, 6) is 0. The molecule has 0 aliphatic rings. The maximum Gasteiger partial charge on any atom is 0.133 e. The molecule has 0 atom stereocenters. The number of benzene rings is 2. The van der Waals surface area contributed by atoms with Crippen LogP contribution in [-0.2, 0) is 29.6 Å². The summed E-state index contributed by atoms with van der Waals surface area (Å²) >= 11 is 9.52. The van der Waals surface area contributed by atoms with E-state index in [9.17, 15) is 0 Å². The standard InChI is InChI=1S/C15H15NS2.Ni/c17-15(18)16(11-13-7-3-1-4-8-13)12-14-9-5-2-6-10-14;/h1-10H,11-12H2,(H,17,18);. The Hall–Kier alpha value is -0.826. The van der Waals surface area contributed by atoms with Crippen molar-refractivity contribution in [3.63, 3.8) is 0 Å². The summed E-state index contributed by atoms with van der Waals surface area (Å²) in [6, 6.07) is 20.6. The van der Waals surface area contributed by atoms with Gasteiger partial charge in [-0.25, -0.2) is 0 Å². The van der Waals surface area contributed by atoms with Crippen molar-refractivity contribution in [1.82, 2.24) is 4.90 Å². The first-order chi connectivity index (χ1) is 8.75. The fraction of sp³-hybridized carbons (Fsp3) is 0.133. The minimum atomic E-state index is 0. The Morgan fingerprint density at radius 2 is 1.21 bits per heavy atom. The van der Waals surface area contributed by atoms with E-state index in [2.05, 4.69) is 41.8 Å². The van der Waals surface area contributed by atoms with Crippen LogP contribution in [0, 0.1) is 0 Å². The zero-order valence-electron chi connectivity index (χ0n) is 10.3. The molecule has 0 fully saturated rings. The third kappa shape index (κ3) is 5.35. The molecule has 0 bridgehead atoms. The molecule has 0 unspecified atom stereocenters. The SMILES string of the molecule is S=C(S)N(Cc1ccccc1)Cc1ccccc1.[Ni]. The Labute approximate surface area is 135 Å². The van der Waals surface area contributed by atoms with Crippen LogP contribution in [0.15, 0.2) is 60.7 Å². The van der Waals surface area contributed by atoms with Crippen molar-refractivity contribution in [3.05, 3.63) is 71.8 Å². The Bertz CT molecular complexity index is 461. The monoisotopic (exact) mass is 331 g/mol. The van der Waals surface area contributed by atoms with Gasteiger partial charge in [-0.15, -0.1) is 12.6 Å². The number of rotatable bonds is 4. The number of hydrogen-bond donors (Lipinski definition) is 1. The van der Waals surface area contributed by atoms with E-state index in [4.69, 9.17) is 12.2 Å². The third-order valence-corrected chi connectivity index (χ3v) is 3.24. The van der Waals surface area contributed by atoms with Gasteiger partial charge >= 0.3 is 0 Å². The van der Waals surface area contributed by atoms with Gasteiger partial charge in [0.2, 0.25) is 0 Å². The number of nitrogens with zero attached hydrogens (tertiary/aromatic N) is 1. The molecule has 0 radical (unpaired) electrons. The van der Waals surface area contributed by atoms with Crippen LogP contribution in [0.1, 0.15) is 11.1 Å². The van der Waals surface area contributed by atoms with E-state index >= 15 is 0 Å². The van der Waals surface area contributed by atoms with Crippen LogP contribution >= 0.6 is 24.8 Å². The molecule has 0 aliphatic heterocycles. The Kier molecular flexibility index (Phi) is 7.15. The third-order valence-electron chi connectivity index (χ3n) is 2.70. The minimum Gasteiger partial charge on any atom is -0.349 e. The van der Waals surface area contributed by atoms with Gasteiger partial charge in [0.05, 0.1) is 0 Å². The van der Waals surface area contributed by atoms with Gasteiger partial charge in [-0.1, -0.05) is 72.9 Å². The zero-order chi connectivity index (χ0) is 12.8. The van der Waals surface area contributed by atoms with Gasteiger partial charge in [0.15, 0.2) is 0 Å². The van der Waals surface area contributed by atoms with Crippen molar-refractivity contribution in [1.29, 1.82) is 0 Å². The molecule has 0 saturated carbocycles. The summed E-state index contributed by atoms with van der Waals surface area (Å²) in [7, 11) is 0. The Morgan fingerprint density at radius 1 is 0.842 bits per heavy atom. The first-order valence-corrected chi connectivity index (χ1v) is 6.67. The van der Waals surface area contributed by atoms with E-state index in [0.717, 1.165) is 13.1 Å². The molecule has 2 aromatic rings. The maximum atomic E-state index is 5.21. The van der Waals surface area contributed by atoms with Gasteiger partial charge in [0, 0.05) is 29.6 Å². The van der Waals surface area contributed by atoms with E-state index in [-0.39, 0.29) is 16.5 Å². The first-order valence-electron chi connectivity index (χ1n) is 5.81. The van der Waals surface area contributed by atoms with Crippen molar-refractivity contribution < 1.29 is 16.5 Å². The molecule has 0 aromatic heterocycles. The van der Waals surface area contributed by atoms with Crippen molar-refractivity contribution >= 4 is 29.2 Å². The molecule has 0 aliphatic carbocycles. The summed E-state index contributed by atoms with van der Waals surface area (Å²) in [5, 5.41) is 0. The van der Waals surface area contributed by atoms with Gasteiger partial charge in [-0.2, -0.15) is 0 Å². The molecule has 102 valence electrons. The van der Waals surface area contributed by atoms with Gasteiger partial charge in [-0.05, 0) is 11.1 Å². The predicted molar refractivity (Wildman–Crippen MR) is 83.7 cm³/mol. The van der Waals surface area contributed by atoms with E-state index in [0.29, 0.717) is 4.32 Å². The summed E-state index contributed by atoms with van der Waals surface area (Å²) < 4.78 is 0.628. The largest absolute Gasteiger partial charge is 0.349 e. The van der Waals surface area contributed by atoms with Crippen LogP contribution in [0.2, 0.25) is 0 Å². The van der Waals surface area contributed by atoms with Crippen LogP contribution in [0.25, 0.3) is 0 Å². The minimum absolute atomic E-state index is 0. The molecule has 2 rings (SSSR count). The molecular weight excluding hydrogens is 317 g/mol. The Balaban J connectivity index is 0.00000180. The summed E-state index contributed by atoms with van der Waals surface area (Å²) in [6.45, 7) is 1.58. The van der Waals surface area contributed by atoms with Crippen LogP contribution in [0.4, 0.5) is 0 Å². The van der Waals surface area contributed by atoms with Gasteiger partial charge in [-0.3, -0.25) is 0 Å². The van der Waals surface area contributed by atoms with E-state index in [1.165, 1.54) is 11.1 Å².